The Kier molecular flexibility index (Phi) is 5.77. The highest BCUT2D eigenvalue weighted by Gasteiger charge is 2.39. The Morgan fingerprint density at radius 1 is 0.885 bits per heavy atom. The van der Waals surface area contributed by atoms with Gasteiger partial charge >= 0.3 is 33.1 Å². The SMILES string of the molecule is FC(F)(F)Oc1cccc2c1-c1ccccc1[I+]2.O=S(=O)([O-])C(F)(F)F. The molecule has 0 aromatic heterocycles. The molecule has 1 aliphatic rings. The monoisotopic (exact) mass is 512 g/mol. The lowest BCUT2D eigenvalue weighted by Gasteiger charge is -2.10. The van der Waals surface area contributed by atoms with Crippen molar-refractivity contribution in [2.45, 2.75) is 11.9 Å². The van der Waals surface area contributed by atoms with E-state index in [0.29, 0.717) is 5.56 Å². The summed E-state index contributed by atoms with van der Waals surface area (Å²) in [5, 5.41) is 0. The van der Waals surface area contributed by atoms with E-state index in [2.05, 4.69) is 4.74 Å². The van der Waals surface area contributed by atoms with Gasteiger partial charge < -0.3 is 9.29 Å². The molecule has 0 unspecified atom stereocenters. The van der Waals surface area contributed by atoms with E-state index in [9.17, 15) is 26.3 Å². The van der Waals surface area contributed by atoms with Gasteiger partial charge in [0.25, 0.3) is 0 Å². The van der Waals surface area contributed by atoms with Crippen molar-refractivity contribution < 1.29 is 65.3 Å². The molecule has 4 nitrogen and oxygen atoms in total. The maximum absolute atomic E-state index is 12.4. The molecule has 2 aromatic rings. The molecule has 26 heavy (non-hydrogen) atoms. The third kappa shape index (κ3) is 5.01. The normalized spacial score (nSPS) is 13.3. The maximum Gasteiger partial charge on any atom is 0.573 e. The summed E-state index contributed by atoms with van der Waals surface area (Å²) in [7, 11) is -6.09. The molecule has 1 heterocycles. The van der Waals surface area contributed by atoms with Gasteiger partial charge in [-0.2, -0.15) is 13.2 Å². The summed E-state index contributed by atoms with van der Waals surface area (Å²) < 4.78 is 102. The number of alkyl halides is 6. The van der Waals surface area contributed by atoms with Gasteiger partial charge in [0, 0.05) is 5.56 Å². The van der Waals surface area contributed by atoms with E-state index in [-0.39, 0.29) is 5.75 Å². The minimum atomic E-state index is -6.09. The Morgan fingerprint density at radius 2 is 1.42 bits per heavy atom. The van der Waals surface area contributed by atoms with Crippen LogP contribution in [0.3, 0.4) is 0 Å². The van der Waals surface area contributed by atoms with Crippen molar-refractivity contribution in [2.24, 2.45) is 0 Å². The molecule has 0 fully saturated rings. The summed E-state index contributed by atoms with van der Waals surface area (Å²) in [6, 6.07) is 12.4. The molecule has 0 saturated carbocycles. The quantitative estimate of drug-likeness (QED) is 0.209. The summed E-state index contributed by atoms with van der Waals surface area (Å²) >= 11 is -0.404. The largest absolute Gasteiger partial charge is 0.741 e. The van der Waals surface area contributed by atoms with E-state index in [4.69, 9.17) is 13.0 Å². The highest BCUT2D eigenvalue weighted by molar-refractivity contribution is 7.86. The zero-order valence-corrected chi connectivity index (χ0v) is 15.2. The minimum absolute atomic E-state index is 0.0929. The Labute approximate surface area is 153 Å². The van der Waals surface area contributed by atoms with Crippen LogP contribution in [0.15, 0.2) is 42.5 Å². The lowest BCUT2D eigenvalue weighted by Crippen LogP contribution is -3.61. The molecular weight excluding hydrogens is 505 g/mol. The van der Waals surface area contributed by atoms with Crippen LogP contribution in [-0.4, -0.2) is 24.8 Å². The van der Waals surface area contributed by atoms with E-state index in [1.165, 1.54) is 6.07 Å². The van der Waals surface area contributed by atoms with Crippen molar-refractivity contribution in [1.29, 1.82) is 0 Å². The Morgan fingerprint density at radius 3 is 1.96 bits per heavy atom. The van der Waals surface area contributed by atoms with Crippen LogP contribution in [0.5, 0.6) is 5.75 Å². The first kappa shape index (κ1) is 20.8. The molecule has 12 heteroatoms. The third-order valence-electron chi connectivity index (χ3n) is 2.83. The van der Waals surface area contributed by atoms with Crippen molar-refractivity contribution in [1.82, 2.24) is 0 Å². The number of ether oxygens (including phenoxy) is 1. The fourth-order valence-corrected chi connectivity index (χ4v) is 4.88. The Hall–Kier alpha value is -1.54. The third-order valence-corrected chi connectivity index (χ3v) is 6.40. The average Bonchev–Trinajstić information content (AvgIpc) is 2.83. The topological polar surface area (TPSA) is 66.4 Å². The fourth-order valence-electron chi connectivity index (χ4n) is 1.91. The molecule has 0 N–H and O–H groups in total. The highest BCUT2D eigenvalue weighted by atomic mass is 127. The van der Waals surface area contributed by atoms with E-state index in [1.54, 1.807) is 6.07 Å². The van der Waals surface area contributed by atoms with E-state index < -0.39 is 43.2 Å². The van der Waals surface area contributed by atoms with Gasteiger partial charge in [-0.3, -0.25) is 0 Å². The van der Waals surface area contributed by atoms with Crippen LogP contribution in [0.1, 0.15) is 0 Å². The predicted molar refractivity (Wildman–Crippen MR) is 71.7 cm³/mol. The van der Waals surface area contributed by atoms with Crippen LogP contribution in [0.4, 0.5) is 26.3 Å². The molecular formula is C14H7F6IO4S. The molecule has 0 aliphatic carbocycles. The summed E-state index contributed by atoms with van der Waals surface area (Å²) in [5.41, 5.74) is -4.16. The minimum Gasteiger partial charge on any atom is -0.741 e. The van der Waals surface area contributed by atoms with Gasteiger partial charge in [-0.25, -0.2) is 8.42 Å². The zero-order valence-electron chi connectivity index (χ0n) is 12.2. The summed E-state index contributed by atoms with van der Waals surface area (Å²) in [4.78, 5) is 0. The van der Waals surface area contributed by atoms with Crippen LogP contribution in [0.25, 0.3) is 11.1 Å². The van der Waals surface area contributed by atoms with Crippen molar-refractivity contribution in [3.8, 4) is 16.9 Å². The highest BCUT2D eigenvalue weighted by Crippen LogP contribution is 2.35. The number of hydrogen-bond donors (Lipinski definition) is 0. The molecule has 0 radical (unpaired) electrons. The van der Waals surface area contributed by atoms with E-state index >= 15 is 0 Å². The first-order valence-corrected chi connectivity index (χ1v) is 10.0. The number of halogens is 7. The van der Waals surface area contributed by atoms with Gasteiger partial charge in [0.2, 0.25) is 7.14 Å². The van der Waals surface area contributed by atoms with Crippen molar-refractivity contribution in [3.05, 3.63) is 49.6 Å². The molecule has 0 bridgehead atoms. The second-order valence-electron chi connectivity index (χ2n) is 4.63. The van der Waals surface area contributed by atoms with E-state index in [0.717, 1.165) is 12.7 Å². The van der Waals surface area contributed by atoms with Gasteiger partial charge in [0.15, 0.2) is 10.1 Å². The van der Waals surface area contributed by atoms with Crippen LogP contribution >= 0.6 is 0 Å². The first-order chi connectivity index (χ1) is 11.8. The predicted octanol–water partition coefficient (Wildman–Crippen LogP) is 0.745. The molecule has 0 saturated heterocycles. The molecule has 0 atom stereocenters. The lowest BCUT2D eigenvalue weighted by atomic mass is 10.1. The number of rotatable bonds is 1. The second-order valence-corrected chi connectivity index (χ2v) is 8.87. The number of fused-ring (bicyclic) bond motifs is 3. The first-order valence-electron chi connectivity index (χ1n) is 6.45. The molecule has 142 valence electrons. The molecule has 3 rings (SSSR count). The smallest absolute Gasteiger partial charge is 0.573 e. The van der Waals surface area contributed by atoms with Gasteiger partial charge in [-0.05, 0) is 24.3 Å². The number of hydrogen-bond acceptors (Lipinski definition) is 4. The standard InChI is InChI=1S/C13H7F3IO.CHF3O3S/c14-13(15,16)18-11-7-3-6-10-12(11)8-4-1-2-5-9(8)17-10;2-1(3,4)8(5,6)7/h1-7H;(H,5,6,7)/q+1;/p-1. The second kappa shape index (κ2) is 7.23. The van der Waals surface area contributed by atoms with Crippen molar-refractivity contribution >= 4 is 10.1 Å². The Bertz CT molecular complexity index is 908. The maximum atomic E-state index is 12.4. The van der Waals surface area contributed by atoms with Gasteiger partial charge in [-0.1, -0.05) is 18.2 Å². The summed E-state index contributed by atoms with van der Waals surface area (Å²) in [5.74, 6) is -0.0929. The van der Waals surface area contributed by atoms with Crippen LogP contribution in [-0.2, 0) is 10.1 Å². The molecule has 2 aromatic carbocycles. The molecule has 0 amide bonds. The van der Waals surface area contributed by atoms with Crippen LogP contribution in [0, 0.1) is 7.14 Å². The van der Waals surface area contributed by atoms with Crippen LogP contribution < -0.4 is 25.9 Å². The van der Waals surface area contributed by atoms with E-state index in [1.807, 2.05) is 30.3 Å². The molecule has 0 spiro atoms. The zero-order chi connectivity index (χ0) is 19.8. The summed E-state index contributed by atoms with van der Waals surface area (Å²) in [6.45, 7) is 0. The van der Waals surface area contributed by atoms with Crippen molar-refractivity contribution in [3.63, 3.8) is 0 Å². The van der Waals surface area contributed by atoms with Gasteiger partial charge in [-0.15, -0.1) is 13.2 Å². The molecule has 1 aliphatic heterocycles. The van der Waals surface area contributed by atoms with Gasteiger partial charge in [0.1, 0.15) is 5.75 Å². The van der Waals surface area contributed by atoms with Crippen molar-refractivity contribution in [2.75, 3.05) is 0 Å². The summed E-state index contributed by atoms with van der Waals surface area (Å²) in [6.07, 6.45) is -4.65. The van der Waals surface area contributed by atoms with Gasteiger partial charge in [0.05, 0.1) is 5.56 Å². The number of benzene rings is 2. The lowest BCUT2D eigenvalue weighted by molar-refractivity contribution is -0.589. The fraction of sp³-hybridized carbons (Fsp3) is 0.143. The average molecular weight is 512 g/mol. The Balaban J connectivity index is 0.000000260. The van der Waals surface area contributed by atoms with Crippen LogP contribution in [0.2, 0.25) is 0 Å².